The summed E-state index contributed by atoms with van der Waals surface area (Å²) in [5.41, 5.74) is 4.02. The van der Waals surface area contributed by atoms with E-state index in [2.05, 4.69) is 10.2 Å². The van der Waals surface area contributed by atoms with E-state index in [1.54, 1.807) is 23.7 Å². The van der Waals surface area contributed by atoms with Crippen LogP contribution in [0.3, 0.4) is 0 Å². The van der Waals surface area contributed by atoms with Gasteiger partial charge in [0.15, 0.2) is 0 Å². The number of amides is 2. The number of nitrogens with one attached hydrogen (secondary N) is 2. The Balaban J connectivity index is 1.68. The van der Waals surface area contributed by atoms with Gasteiger partial charge in [-0.05, 0) is 61.7 Å². The van der Waals surface area contributed by atoms with E-state index in [1.165, 1.54) is 25.3 Å². The zero-order valence-corrected chi connectivity index (χ0v) is 13.9. The second kappa shape index (κ2) is 7.81. The minimum atomic E-state index is -0.623. The highest BCUT2D eigenvalue weighted by atomic mass is 16.5. The van der Waals surface area contributed by atoms with Crippen molar-refractivity contribution in [2.45, 2.75) is 19.3 Å². The molecular weight excluding hydrogens is 318 g/mol. The summed E-state index contributed by atoms with van der Waals surface area (Å²) in [5.74, 6) is -0.867. The van der Waals surface area contributed by atoms with Crippen molar-refractivity contribution in [2.24, 2.45) is 0 Å². The lowest BCUT2D eigenvalue weighted by atomic mass is 10.1. The number of piperidine rings is 1. The fourth-order valence-corrected chi connectivity index (χ4v) is 2.98. The highest BCUT2D eigenvalue weighted by Crippen LogP contribution is 2.21. The molecule has 3 rings (SSSR count). The zero-order chi connectivity index (χ0) is 17.6. The predicted molar refractivity (Wildman–Crippen MR) is 96.2 cm³/mol. The Kier molecular flexibility index (Phi) is 5.30. The molecule has 2 amide bonds. The van der Waals surface area contributed by atoms with Crippen LogP contribution in [0.25, 0.3) is 0 Å². The Morgan fingerprint density at radius 3 is 2.28 bits per heavy atom. The number of nitrogens with zero attached hydrogens (tertiary/aromatic N) is 1. The van der Waals surface area contributed by atoms with Gasteiger partial charge in [-0.15, -0.1) is 0 Å². The summed E-state index contributed by atoms with van der Waals surface area (Å²) in [5, 5.41) is 11.4. The van der Waals surface area contributed by atoms with Crippen molar-refractivity contribution in [3.8, 4) is 0 Å². The van der Waals surface area contributed by atoms with Gasteiger partial charge >= 0.3 is 0 Å². The van der Waals surface area contributed by atoms with Crippen LogP contribution >= 0.6 is 0 Å². The first-order chi connectivity index (χ1) is 12.2. The van der Waals surface area contributed by atoms with Crippen molar-refractivity contribution in [3.63, 3.8) is 0 Å². The first-order valence-electron chi connectivity index (χ1n) is 8.38. The van der Waals surface area contributed by atoms with Crippen molar-refractivity contribution in [1.29, 1.82) is 0 Å². The van der Waals surface area contributed by atoms with E-state index < -0.39 is 5.91 Å². The number of hydroxylamine groups is 1. The molecule has 0 atom stereocenters. The lowest BCUT2D eigenvalue weighted by Gasteiger charge is -2.28. The van der Waals surface area contributed by atoms with Gasteiger partial charge in [0.2, 0.25) is 0 Å². The summed E-state index contributed by atoms with van der Waals surface area (Å²) >= 11 is 0. The molecule has 2 aromatic rings. The Hall–Kier alpha value is -2.86. The molecule has 25 heavy (non-hydrogen) atoms. The summed E-state index contributed by atoms with van der Waals surface area (Å²) in [4.78, 5) is 26.1. The average molecular weight is 339 g/mol. The molecule has 0 saturated carbocycles. The number of rotatable bonds is 4. The number of carbonyl (C=O) groups is 2. The van der Waals surface area contributed by atoms with Gasteiger partial charge in [0, 0.05) is 35.6 Å². The molecule has 6 heteroatoms. The van der Waals surface area contributed by atoms with Crippen LogP contribution in [0.5, 0.6) is 0 Å². The highest BCUT2D eigenvalue weighted by molar-refractivity contribution is 6.05. The van der Waals surface area contributed by atoms with Crippen LogP contribution in [0.2, 0.25) is 0 Å². The zero-order valence-electron chi connectivity index (χ0n) is 13.9. The third-order valence-electron chi connectivity index (χ3n) is 4.33. The molecular formula is C19H21N3O3. The Labute approximate surface area is 146 Å². The fraction of sp³-hybridized carbons (Fsp3) is 0.263. The predicted octanol–water partition coefficient (Wildman–Crippen LogP) is 3.05. The van der Waals surface area contributed by atoms with E-state index in [9.17, 15) is 9.59 Å². The first-order valence-corrected chi connectivity index (χ1v) is 8.38. The molecule has 1 saturated heterocycles. The maximum atomic E-state index is 12.4. The minimum absolute atomic E-state index is 0.244. The minimum Gasteiger partial charge on any atom is -0.372 e. The standard InChI is InChI=1S/C19H21N3O3/c23-18(20-16-6-4-5-15(13-16)19(24)21-25)14-7-9-17(10-8-14)22-11-2-1-3-12-22/h4-10,13,25H,1-3,11-12H2,(H,20,23)(H,21,24). The molecule has 3 N–H and O–H groups in total. The summed E-state index contributed by atoms with van der Waals surface area (Å²) in [6.07, 6.45) is 3.70. The van der Waals surface area contributed by atoms with Crippen molar-refractivity contribution in [1.82, 2.24) is 5.48 Å². The van der Waals surface area contributed by atoms with Crippen LogP contribution in [-0.2, 0) is 0 Å². The summed E-state index contributed by atoms with van der Waals surface area (Å²) < 4.78 is 0. The molecule has 6 nitrogen and oxygen atoms in total. The fourth-order valence-electron chi connectivity index (χ4n) is 2.98. The number of benzene rings is 2. The third-order valence-corrected chi connectivity index (χ3v) is 4.33. The van der Waals surface area contributed by atoms with E-state index in [-0.39, 0.29) is 11.5 Å². The second-order valence-electron chi connectivity index (χ2n) is 6.07. The van der Waals surface area contributed by atoms with E-state index >= 15 is 0 Å². The van der Waals surface area contributed by atoms with Crippen LogP contribution in [-0.4, -0.2) is 30.1 Å². The van der Waals surface area contributed by atoms with E-state index in [4.69, 9.17) is 5.21 Å². The molecule has 1 aliphatic heterocycles. The second-order valence-corrected chi connectivity index (χ2v) is 6.07. The molecule has 0 spiro atoms. The van der Waals surface area contributed by atoms with Crippen LogP contribution in [0.15, 0.2) is 48.5 Å². The molecule has 0 aliphatic carbocycles. The lowest BCUT2D eigenvalue weighted by Crippen LogP contribution is -2.29. The summed E-state index contributed by atoms with van der Waals surface area (Å²) in [6.45, 7) is 2.12. The summed E-state index contributed by atoms with van der Waals surface area (Å²) in [6, 6.07) is 13.9. The van der Waals surface area contributed by atoms with Crippen LogP contribution in [0, 0.1) is 0 Å². The normalized spacial score (nSPS) is 14.0. The number of hydrogen-bond donors (Lipinski definition) is 3. The van der Waals surface area contributed by atoms with Gasteiger partial charge in [0.25, 0.3) is 11.8 Å². The van der Waals surface area contributed by atoms with Crippen molar-refractivity contribution in [2.75, 3.05) is 23.3 Å². The molecule has 0 bridgehead atoms. The van der Waals surface area contributed by atoms with Crippen molar-refractivity contribution < 1.29 is 14.8 Å². The topological polar surface area (TPSA) is 81.7 Å². The van der Waals surface area contributed by atoms with Gasteiger partial charge in [-0.2, -0.15) is 0 Å². The quantitative estimate of drug-likeness (QED) is 0.591. The Bertz CT molecular complexity index is 753. The van der Waals surface area contributed by atoms with Crippen molar-refractivity contribution in [3.05, 3.63) is 59.7 Å². The molecule has 2 aromatic carbocycles. The van der Waals surface area contributed by atoms with Gasteiger partial charge in [-0.1, -0.05) is 6.07 Å². The smallest absolute Gasteiger partial charge is 0.274 e. The number of hydrogen-bond acceptors (Lipinski definition) is 4. The molecule has 1 heterocycles. The van der Waals surface area contributed by atoms with E-state index in [0.29, 0.717) is 11.3 Å². The van der Waals surface area contributed by atoms with Crippen LogP contribution in [0.4, 0.5) is 11.4 Å². The number of anilines is 2. The maximum Gasteiger partial charge on any atom is 0.274 e. The molecule has 130 valence electrons. The van der Waals surface area contributed by atoms with Gasteiger partial charge in [-0.3, -0.25) is 14.8 Å². The monoisotopic (exact) mass is 339 g/mol. The maximum absolute atomic E-state index is 12.4. The van der Waals surface area contributed by atoms with Crippen LogP contribution < -0.4 is 15.7 Å². The summed E-state index contributed by atoms with van der Waals surface area (Å²) in [7, 11) is 0. The van der Waals surface area contributed by atoms with E-state index in [1.807, 2.05) is 24.3 Å². The molecule has 1 fully saturated rings. The molecule has 0 aromatic heterocycles. The lowest BCUT2D eigenvalue weighted by molar-refractivity contribution is 0.0706. The average Bonchev–Trinajstić information content (AvgIpc) is 2.68. The van der Waals surface area contributed by atoms with E-state index in [0.717, 1.165) is 18.8 Å². The van der Waals surface area contributed by atoms with Gasteiger partial charge in [0.05, 0.1) is 0 Å². The molecule has 0 radical (unpaired) electrons. The SMILES string of the molecule is O=C(NO)c1cccc(NC(=O)c2ccc(N3CCCCC3)cc2)c1. The largest absolute Gasteiger partial charge is 0.372 e. The van der Waals surface area contributed by atoms with Gasteiger partial charge < -0.3 is 10.2 Å². The molecule has 0 unspecified atom stereocenters. The van der Waals surface area contributed by atoms with Gasteiger partial charge in [0.1, 0.15) is 0 Å². The highest BCUT2D eigenvalue weighted by Gasteiger charge is 2.12. The van der Waals surface area contributed by atoms with Gasteiger partial charge in [-0.25, -0.2) is 5.48 Å². The Morgan fingerprint density at radius 1 is 0.880 bits per heavy atom. The third kappa shape index (κ3) is 4.16. The first kappa shape index (κ1) is 17.0. The van der Waals surface area contributed by atoms with Crippen LogP contribution in [0.1, 0.15) is 40.0 Å². The van der Waals surface area contributed by atoms with Crippen molar-refractivity contribution >= 4 is 23.2 Å². The Morgan fingerprint density at radius 2 is 1.60 bits per heavy atom. The number of carbonyl (C=O) groups excluding carboxylic acids is 2. The molecule has 1 aliphatic rings.